The third-order valence-corrected chi connectivity index (χ3v) is 4.38. The molecule has 3 rings (SSSR count). The van der Waals surface area contributed by atoms with E-state index in [2.05, 4.69) is 0 Å². The fourth-order valence-corrected chi connectivity index (χ4v) is 2.93. The number of hydrogen-bond donors (Lipinski definition) is 0. The van der Waals surface area contributed by atoms with Crippen molar-refractivity contribution in [3.8, 4) is 5.75 Å². The average Bonchev–Trinajstić information content (AvgIpc) is 3.02. The van der Waals surface area contributed by atoms with Gasteiger partial charge in [-0.3, -0.25) is 9.59 Å². The van der Waals surface area contributed by atoms with Gasteiger partial charge in [0.15, 0.2) is 0 Å². The predicted octanol–water partition coefficient (Wildman–Crippen LogP) is 3.44. The number of rotatable bonds is 5. The number of amides is 1. The van der Waals surface area contributed by atoms with E-state index in [1.807, 2.05) is 12.1 Å². The Kier molecular flexibility index (Phi) is 5.24. The standard InChI is InChI=1S/C19H18ClNO4/c1-24-17-5-3-2-4-16(17)21-11-14(10-18(21)22)19(23)25-12-13-6-8-15(20)9-7-13/h2-9,14H,10-12H2,1H3. The molecule has 1 heterocycles. The number of hydrogen-bond acceptors (Lipinski definition) is 4. The van der Waals surface area contributed by atoms with Gasteiger partial charge >= 0.3 is 5.97 Å². The van der Waals surface area contributed by atoms with Crippen molar-refractivity contribution in [2.45, 2.75) is 13.0 Å². The summed E-state index contributed by atoms with van der Waals surface area (Å²) in [4.78, 5) is 26.2. The first-order chi connectivity index (χ1) is 12.1. The van der Waals surface area contributed by atoms with Crippen LogP contribution in [0.5, 0.6) is 5.75 Å². The minimum absolute atomic E-state index is 0.113. The zero-order chi connectivity index (χ0) is 17.8. The number of para-hydroxylation sites is 2. The summed E-state index contributed by atoms with van der Waals surface area (Å²) in [6.07, 6.45) is 0.136. The summed E-state index contributed by atoms with van der Waals surface area (Å²) in [5.41, 5.74) is 1.52. The van der Waals surface area contributed by atoms with Crippen molar-refractivity contribution in [1.29, 1.82) is 0 Å². The Morgan fingerprint density at radius 1 is 1.20 bits per heavy atom. The molecule has 1 aliphatic heterocycles. The smallest absolute Gasteiger partial charge is 0.311 e. The summed E-state index contributed by atoms with van der Waals surface area (Å²) < 4.78 is 10.6. The van der Waals surface area contributed by atoms with Crippen molar-refractivity contribution in [3.63, 3.8) is 0 Å². The third kappa shape index (κ3) is 3.94. The molecule has 0 aliphatic carbocycles. The second-order valence-corrected chi connectivity index (χ2v) is 6.25. The van der Waals surface area contributed by atoms with Gasteiger partial charge in [0.1, 0.15) is 12.4 Å². The van der Waals surface area contributed by atoms with Crippen LogP contribution >= 0.6 is 11.6 Å². The maximum atomic E-state index is 12.3. The zero-order valence-corrected chi connectivity index (χ0v) is 14.5. The lowest BCUT2D eigenvalue weighted by atomic mass is 10.1. The van der Waals surface area contributed by atoms with Crippen LogP contribution in [-0.2, 0) is 20.9 Å². The number of benzene rings is 2. The normalized spacial score (nSPS) is 16.8. The topological polar surface area (TPSA) is 55.8 Å². The molecule has 0 aromatic heterocycles. The summed E-state index contributed by atoms with van der Waals surface area (Å²) in [5, 5.41) is 0.629. The van der Waals surface area contributed by atoms with Gasteiger partial charge in [-0.2, -0.15) is 0 Å². The van der Waals surface area contributed by atoms with Crippen molar-refractivity contribution in [3.05, 3.63) is 59.1 Å². The first-order valence-electron chi connectivity index (χ1n) is 7.93. The summed E-state index contributed by atoms with van der Waals surface area (Å²) in [6, 6.07) is 14.3. The summed E-state index contributed by atoms with van der Waals surface area (Å²) in [6.45, 7) is 0.452. The highest BCUT2D eigenvalue weighted by Gasteiger charge is 2.37. The van der Waals surface area contributed by atoms with Gasteiger partial charge in [-0.15, -0.1) is 0 Å². The number of carbonyl (C=O) groups excluding carboxylic acids is 2. The van der Waals surface area contributed by atoms with Crippen molar-refractivity contribution in [2.24, 2.45) is 5.92 Å². The minimum Gasteiger partial charge on any atom is -0.495 e. The van der Waals surface area contributed by atoms with Crippen LogP contribution in [0.1, 0.15) is 12.0 Å². The molecule has 25 heavy (non-hydrogen) atoms. The summed E-state index contributed by atoms with van der Waals surface area (Å²) in [7, 11) is 1.55. The summed E-state index contributed by atoms with van der Waals surface area (Å²) >= 11 is 5.83. The molecule has 2 aromatic carbocycles. The number of carbonyl (C=O) groups is 2. The molecule has 1 unspecified atom stereocenters. The Labute approximate surface area is 151 Å². The molecular weight excluding hydrogens is 342 g/mol. The number of ether oxygens (including phenoxy) is 2. The second kappa shape index (κ2) is 7.57. The van der Waals surface area contributed by atoms with Crippen LogP contribution in [-0.4, -0.2) is 25.5 Å². The van der Waals surface area contributed by atoms with E-state index in [0.29, 0.717) is 23.0 Å². The fourth-order valence-electron chi connectivity index (χ4n) is 2.80. The lowest BCUT2D eigenvalue weighted by molar-refractivity contribution is -0.149. The van der Waals surface area contributed by atoms with Crippen molar-refractivity contribution < 1.29 is 19.1 Å². The lowest BCUT2D eigenvalue weighted by Gasteiger charge is -2.19. The molecule has 1 aliphatic rings. The number of esters is 1. The Balaban J connectivity index is 1.63. The van der Waals surface area contributed by atoms with Gasteiger partial charge in [0.05, 0.1) is 18.7 Å². The van der Waals surface area contributed by atoms with E-state index in [-0.39, 0.29) is 24.9 Å². The molecule has 5 nitrogen and oxygen atoms in total. The highest BCUT2D eigenvalue weighted by Crippen LogP contribution is 2.33. The quantitative estimate of drug-likeness (QED) is 0.767. The first kappa shape index (κ1) is 17.3. The fraction of sp³-hybridized carbons (Fsp3) is 0.263. The van der Waals surface area contributed by atoms with E-state index >= 15 is 0 Å². The van der Waals surface area contributed by atoms with Gasteiger partial charge in [0.2, 0.25) is 5.91 Å². The van der Waals surface area contributed by atoms with Crippen molar-refractivity contribution in [2.75, 3.05) is 18.6 Å². The Bertz CT molecular complexity index is 775. The maximum Gasteiger partial charge on any atom is 0.311 e. The van der Waals surface area contributed by atoms with Crippen LogP contribution in [0.2, 0.25) is 5.02 Å². The molecule has 0 spiro atoms. The molecule has 130 valence electrons. The van der Waals surface area contributed by atoms with E-state index in [1.165, 1.54) is 0 Å². The predicted molar refractivity (Wildman–Crippen MR) is 94.7 cm³/mol. The number of nitrogens with zero attached hydrogens (tertiary/aromatic N) is 1. The Morgan fingerprint density at radius 3 is 2.64 bits per heavy atom. The van der Waals surface area contributed by atoms with Crippen LogP contribution in [0, 0.1) is 5.92 Å². The van der Waals surface area contributed by atoms with Gasteiger partial charge < -0.3 is 14.4 Å². The highest BCUT2D eigenvalue weighted by molar-refractivity contribution is 6.30. The molecular formula is C19H18ClNO4. The molecule has 1 saturated heterocycles. The number of methoxy groups -OCH3 is 1. The highest BCUT2D eigenvalue weighted by atomic mass is 35.5. The van der Waals surface area contributed by atoms with Crippen molar-refractivity contribution in [1.82, 2.24) is 0 Å². The lowest BCUT2D eigenvalue weighted by Crippen LogP contribution is -2.26. The molecule has 1 atom stereocenters. The second-order valence-electron chi connectivity index (χ2n) is 5.81. The van der Waals surface area contributed by atoms with Crippen LogP contribution in [0.4, 0.5) is 5.69 Å². The number of anilines is 1. The maximum absolute atomic E-state index is 12.3. The monoisotopic (exact) mass is 359 g/mol. The van der Waals surface area contributed by atoms with Crippen LogP contribution in [0.3, 0.4) is 0 Å². The van der Waals surface area contributed by atoms with Gasteiger partial charge in [0.25, 0.3) is 0 Å². The summed E-state index contributed by atoms with van der Waals surface area (Å²) in [5.74, 6) is -0.366. The molecule has 0 N–H and O–H groups in total. The molecule has 0 radical (unpaired) electrons. The van der Waals surface area contributed by atoms with E-state index in [0.717, 1.165) is 5.56 Å². The molecule has 1 fully saturated rings. The van der Waals surface area contributed by atoms with E-state index in [4.69, 9.17) is 21.1 Å². The molecule has 2 aromatic rings. The Morgan fingerprint density at radius 2 is 1.92 bits per heavy atom. The molecule has 0 bridgehead atoms. The van der Waals surface area contributed by atoms with E-state index in [1.54, 1.807) is 48.4 Å². The zero-order valence-electron chi connectivity index (χ0n) is 13.8. The largest absolute Gasteiger partial charge is 0.495 e. The minimum atomic E-state index is -0.482. The van der Waals surface area contributed by atoms with Gasteiger partial charge in [-0.1, -0.05) is 35.9 Å². The molecule has 0 saturated carbocycles. The average molecular weight is 360 g/mol. The molecule has 6 heteroatoms. The van der Waals surface area contributed by atoms with Crippen LogP contribution in [0.15, 0.2) is 48.5 Å². The van der Waals surface area contributed by atoms with Crippen molar-refractivity contribution >= 4 is 29.2 Å². The van der Waals surface area contributed by atoms with Crippen LogP contribution < -0.4 is 9.64 Å². The van der Waals surface area contributed by atoms with Gasteiger partial charge in [-0.25, -0.2) is 0 Å². The van der Waals surface area contributed by atoms with E-state index < -0.39 is 5.92 Å². The third-order valence-electron chi connectivity index (χ3n) is 4.13. The van der Waals surface area contributed by atoms with Gasteiger partial charge in [0, 0.05) is 18.0 Å². The number of halogens is 1. The Hall–Kier alpha value is -2.53. The molecule has 1 amide bonds. The van der Waals surface area contributed by atoms with Crippen LogP contribution in [0.25, 0.3) is 0 Å². The van der Waals surface area contributed by atoms with E-state index in [9.17, 15) is 9.59 Å². The SMILES string of the molecule is COc1ccccc1N1CC(C(=O)OCc2ccc(Cl)cc2)CC1=O. The van der Waals surface area contributed by atoms with Gasteiger partial charge in [-0.05, 0) is 29.8 Å². The first-order valence-corrected chi connectivity index (χ1v) is 8.30.